The molecular weight excluding hydrogens is 228 g/mol. The van der Waals surface area contributed by atoms with Gasteiger partial charge in [-0.3, -0.25) is 4.90 Å². The predicted molar refractivity (Wildman–Crippen MR) is 68.1 cm³/mol. The number of nitrogens with one attached hydrogen (secondary N) is 1. The number of nitrogens with zero attached hydrogens (tertiary/aromatic N) is 1. The lowest BCUT2D eigenvalue weighted by Gasteiger charge is -2.45. The maximum absolute atomic E-state index is 12.0. The number of carbonyl (C=O) groups is 1. The smallest absolute Gasteiger partial charge is 0.410 e. The summed E-state index contributed by atoms with van der Waals surface area (Å²) in [4.78, 5) is 13.9. The largest absolute Gasteiger partial charge is 0.449 e. The Bertz CT molecular complexity index is 448. The summed E-state index contributed by atoms with van der Waals surface area (Å²) < 4.78 is 5.29. The Kier molecular flexibility index (Phi) is 2.74. The summed E-state index contributed by atoms with van der Waals surface area (Å²) in [6.07, 6.45) is -0.193. The Labute approximate surface area is 107 Å². The minimum atomic E-state index is -0.193. The highest BCUT2D eigenvalue weighted by molar-refractivity contribution is 5.70. The van der Waals surface area contributed by atoms with E-state index in [1.807, 2.05) is 35.2 Å². The fourth-order valence-corrected chi connectivity index (χ4v) is 2.89. The van der Waals surface area contributed by atoms with Crippen LogP contribution in [-0.2, 0) is 11.3 Å². The standard InChI is InChI=1S/C14H18N2O2/c1-14-10-15-7-12(14)9-18-13(17)16(14)8-11-5-3-2-4-6-11/h2-6,12,15H,7-10H2,1H3/t12-,14-/m1/s1. The normalized spacial score (nSPS) is 31.1. The van der Waals surface area contributed by atoms with Crippen LogP contribution in [0.25, 0.3) is 0 Å². The fourth-order valence-electron chi connectivity index (χ4n) is 2.89. The number of benzene rings is 1. The number of fused-ring (bicyclic) bond motifs is 1. The van der Waals surface area contributed by atoms with E-state index in [0.29, 0.717) is 19.1 Å². The second-order valence-corrected chi connectivity index (χ2v) is 5.33. The molecule has 1 N–H and O–H groups in total. The summed E-state index contributed by atoms with van der Waals surface area (Å²) in [5, 5.41) is 3.37. The van der Waals surface area contributed by atoms with E-state index < -0.39 is 0 Å². The van der Waals surface area contributed by atoms with Gasteiger partial charge in [-0.25, -0.2) is 4.79 Å². The van der Waals surface area contributed by atoms with Gasteiger partial charge in [0.2, 0.25) is 0 Å². The molecule has 2 saturated heterocycles. The van der Waals surface area contributed by atoms with Gasteiger partial charge in [0.05, 0.1) is 12.1 Å². The van der Waals surface area contributed by atoms with Crippen molar-refractivity contribution in [2.24, 2.45) is 5.92 Å². The van der Waals surface area contributed by atoms with E-state index in [2.05, 4.69) is 12.2 Å². The second kappa shape index (κ2) is 4.28. The van der Waals surface area contributed by atoms with Gasteiger partial charge in [0.1, 0.15) is 0 Å². The zero-order valence-electron chi connectivity index (χ0n) is 10.6. The van der Waals surface area contributed by atoms with Gasteiger partial charge in [0, 0.05) is 25.6 Å². The average molecular weight is 246 g/mol. The molecule has 0 unspecified atom stereocenters. The molecule has 2 aliphatic rings. The second-order valence-electron chi connectivity index (χ2n) is 5.33. The van der Waals surface area contributed by atoms with E-state index in [1.54, 1.807) is 0 Å². The minimum absolute atomic E-state index is 0.120. The summed E-state index contributed by atoms with van der Waals surface area (Å²) >= 11 is 0. The summed E-state index contributed by atoms with van der Waals surface area (Å²) in [5.41, 5.74) is 1.02. The molecule has 1 aromatic rings. The summed E-state index contributed by atoms with van der Waals surface area (Å²) in [5.74, 6) is 0.388. The van der Waals surface area contributed by atoms with Crippen molar-refractivity contribution in [3.05, 3.63) is 35.9 Å². The fraction of sp³-hybridized carbons (Fsp3) is 0.500. The molecule has 0 bridgehead atoms. The number of cyclic esters (lactones) is 1. The minimum Gasteiger partial charge on any atom is -0.449 e. The Morgan fingerprint density at radius 3 is 3.00 bits per heavy atom. The number of carbonyl (C=O) groups excluding carboxylic acids is 1. The average Bonchev–Trinajstić information content (AvgIpc) is 2.77. The van der Waals surface area contributed by atoms with E-state index in [4.69, 9.17) is 4.74 Å². The molecule has 96 valence electrons. The van der Waals surface area contributed by atoms with Crippen LogP contribution >= 0.6 is 0 Å². The monoisotopic (exact) mass is 246 g/mol. The van der Waals surface area contributed by atoms with Crippen LogP contribution in [-0.4, -0.2) is 36.2 Å². The number of rotatable bonds is 2. The molecule has 0 radical (unpaired) electrons. The maximum Gasteiger partial charge on any atom is 0.410 e. The highest BCUT2D eigenvalue weighted by atomic mass is 16.6. The van der Waals surface area contributed by atoms with Crippen molar-refractivity contribution in [3.8, 4) is 0 Å². The van der Waals surface area contributed by atoms with Crippen molar-refractivity contribution in [3.63, 3.8) is 0 Å². The van der Waals surface area contributed by atoms with Crippen molar-refractivity contribution >= 4 is 6.09 Å². The molecule has 0 spiro atoms. The van der Waals surface area contributed by atoms with Crippen molar-refractivity contribution in [1.82, 2.24) is 10.2 Å². The number of ether oxygens (including phenoxy) is 1. The third-order valence-electron chi connectivity index (χ3n) is 4.18. The van der Waals surface area contributed by atoms with Crippen molar-refractivity contribution in [1.29, 1.82) is 0 Å². The van der Waals surface area contributed by atoms with Gasteiger partial charge >= 0.3 is 6.09 Å². The van der Waals surface area contributed by atoms with E-state index in [1.165, 1.54) is 0 Å². The molecular formula is C14H18N2O2. The number of hydrogen-bond acceptors (Lipinski definition) is 3. The Morgan fingerprint density at radius 2 is 2.22 bits per heavy atom. The van der Waals surface area contributed by atoms with Gasteiger partial charge < -0.3 is 10.1 Å². The third kappa shape index (κ3) is 1.77. The molecule has 1 amide bonds. The molecule has 2 atom stereocenters. The predicted octanol–water partition coefficient (Wildman–Crippen LogP) is 1.62. The summed E-state index contributed by atoms with van der Waals surface area (Å²) in [6.45, 7) is 5.08. The van der Waals surface area contributed by atoms with Crippen LogP contribution in [0.4, 0.5) is 4.79 Å². The van der Waals surface area contributed by atoms with E-state index in [-0.39, 0.29) is 11.6 Å². The Balaban J connectivity index is 1.86. The van der Waals surface area contributed by atoms with Crippen LogP contribution in [0, 0.1) is 5.92 Å². The van der Waals surface area contributed by atoms with Crippen LogP contribution in [0.3, 0.4) is 0 Å². The van der Waals surface area contributed by atoms with Crippen LogP contribution in [0.2, 0.25) is 0 Å². The first-order chi connectivity index (χ1) is 8.70. The molecule has 3 rings (SSSR count). The summed E-state index contributed by atoms with van der Waals surface area (Å²) in [7, 11) is 0. The molecule has 2 aliphatic heterocycles. The lowest BCUT2D eigenvalue weighted by molar-refractivity contribution is -0.0214. The molecule has 4 nitrogen and oxygen atoms in total. The van der Waals surface area contributed by atoms with Gasteiger partial charge in [-0.1, -0.05) is 30.3 Å². The molecule has 2 fully saturated rings. The molecule has 4 heteroatoms. The van der Waals surface area contributed by atoms with Crippen LogP contribution < -0.4 is 5.32 Å². The first-order valence-electron chi connectivity index (χ1n) is 6.39. The lowest BCUT2D eigenvalue weighted by Crippen LogP contribution is -2.59. The molecule has 1 aromatic carbocycles. The molecule has 2 heterocycles. The molecule has 0 saturated carbocycles. The molecule has 0 aliphatic carbocycles. The van der Waals surface area contributed by atoms with Crippen molar-refractivity contribution in [2.75, 3.05) is 19.7 Å². The van der Waals surface area contributed by atoms with Crippen molar-refractivity contribution in [2.45, 2.75) is 19.0 Å². The van der Waals surface area contributed by atoms with Crippen molar-refractivity contribution < 1.29 is 9.53 Å². The zero-order valence-corrected chi connectivity index (χ0v) is 10.6. The number of amides is 1. The maximum atomic E-state index is 12.0. The van der Waals surface area contributed by atoms with Crippen LogP contribution in [0.15, 0.2) is 30.3 Å². The van der Waals surface area contributed by atoms with Gasteiger partial charge in [-0.15, -0.1) is 0 Å². The first kappa shape index (κ1) is 11.5. The van der Waals surface area contributed by atoms with Crippen LogP contribution in [0.5, 0.6) is 0 Å². The van der Waals surface area contributed by atoms with E-state index in [9.17, 15) is 4.79 Å². The van der Waals surface area contributed by atoms with Gasteiger partial charge in [-0.2, -0.15) is 0 Å². The highest BCUT2D eigenvalue weighted by Crippen LogP contribution is 2.34. The van der Waals surface area contributed by atoms with E-state index in [0.717, 1.165) is 18.7 Å². The van der Waals surface area contributed by atoms with Gasteiger partial charge in [0.25, 0.3) is 0 Å². The SMILES string of the molecule is C[C@@]12CNC[C@@H]1COC(=O)N2Cc1ccccc1. The lowest BCUT2D eigenvalue weighted by atomic mass is 9.86. The number of hydrogen-bond donors (Lipinski definition) is 1. The zero-order chi connectivity index (χ0) is 12.6. The summed E-state index contributed by atoms with van der Waals surface area (Å²) in [6, 6.07) is 10.1. The third-order valence-corrected chi connectivity index (χ3v) is 4.18. The van der Waals surface area contributed by atoms with Gasteiger partial charge in [0.15, 0.2) is 0 Å². The first-order valence-corrected chi connectivity index (χ1v) is 6.39. The highest BCUT2D eigenvalue weighted by Gasteiger charge is 2.49. The van der Waals surface area contributed by atoms with E-state index >= 15 is 0 Å². The van der Waals surface area contributed by atoms with Gasteiger partial charge in [-0.05, 0) is 12.5 Å². The van der Waals surface area contributed by atoms with Crippen LogP contribution in [0.1, 0.15) is 12.5 Å². The quantitative estimate of drug-likeness (QED) is 0.862. The Hall–Kier alpha value is -1.55. The topological polar surface area (TPSA) is 41.6 Å². The Morgan fingerprint density at radius 1 is 1.44 bits per heavy atom. The molecule has 0 aromatic heterocycles. The molecule has 18 heavy (non-hydrogen) atoms.